The quantitative estimate of drug-likeness (QED) is 0.614. The molecule has 3 aromatic rings. The molecule has 2 nitrogen and oxygen atoms in total. The molecule has 0 unspecified atom stereocenters. The number of aromatic nitrogens is 2. The van der Waals surface area contributed by atoms with Crippen molar-refractivity contribution in [3.8, 4) is 0 Å². The van der Waals surface area contributed by atoms with E-state index >= 15 is 0 Å². The minimum atomic E-state index is 0.583. The molecule has 0 fully saturated rings. The lowest BCUT2D eigenvalue weighted by Gasteiger charge is -2.01. The Kier molecular flexibility index (Phi) is 4.16. The average Bonchev–Trinajstić information content (AvgIpc) is 2.82. The van der Waals surface area contributed by atoms with Crippen molar-refractivity contribution in [2.45, 2.75) is 24.8 Å². The summed E-state index contributed by atoms with van der Waals surface area (Å²) in [6.07, 6.45) is 0. The van der Waals surface area contributed by atoms with Crippen LogP contribution in [0.15, 0.2) is 35.5 Å². The fourth-order valence-electron chi connectivity index (χ4n) is 2.10. The van der Waals surface area contributed by atoms with E-state index in [-0.39, 0.29) is 0 Å². The molecule has 0 amide bonds. The van der Waals surface area contributed by atoms with Crippen LogP contribution in [0.5, 0.6) is 0 Å². The van der Waals surface area contributed by atoms with Gasteiger partial charge >= 0.3 is 0 Å². The molecule has 3 rings (SSSR count). The number of fused-ring (bicyclic) bond motifs is 1. The van der Waals surface area contributed by atoms with E-state index in [9.17, 15) is 0 Å². The fourth-order valence-corrected chi connectivity index (χ4v) is 3.24. The summed E-state index contributed by atoms with van der Waals surface area (Å²) in [4.78, 5) is 7.97. The average molecular weight is 337 g/mol. The lowest BCUT2D eigenvalue weighted by molar-refractivity contribution is 1.08. The van der Waals surface area contributed by atoms with Crippen molar-refractivity contribution >= 4 is 46.0 Å². The summed E-state index contributed by atoms with van der Waals surface area (Å²) in [5.41, 5.74) is 5.74. The molecule has 2 aromatic carbocycles. The largest absolute Gasteiger partial charge is 0.333 e. The summed E-state index contributed by atoms with van der Waals surface area (Å²) >= 11 is 13.6. The van der Waals surface area contributed by atoms with Crippen molar-refractivity contribution < 1.29 is 0 Å². The maximum absolute atomic E-state index is 6.03. The number of hydrogen-bond acceptors (Lipinski definition) is 2. The molecule has 0 saturated heterocycles. The smallest absolute Gasteiger partial charge is 0.166 e. The van der Waals surface area contributed by atoms with Crippen molar-refractivity contribution in [1.29, 1.82) is 0 Å². The predicted octanol–water partition coefficient (Wildman–Crippen LogP) is 5.78. The van der Waals surface area contributed by atoms with Crippen LogP contribution in [-0.4, -0.2) is 9.97 Å². The van der Waals surface area contributed by atoms with Crippen LogP contribution >= 0.6 is 35.0 Å². The Morgan fingerprint density at radius 2 is 1.81 bits per heavy atom. The van der Waals surface area contributed by atoms with Crippen molar-refractivity contribution in [1.82, 2.24) is 9.97 Å². The van der Waals surface area contributed by atoms with E-state index in [4.69, 9.17) is 23.2 Å². The number of H-pyrrole nitrogens is 1. The Morgan fingerprint density at radius 1 is 1.05 bits per heavy atom. The van der Waals surface area contributed by atoms with Gasteiger partial charge in [0.1, 0.15) is 0 Å². The van der Waals surface area contributed by atoms with Crippen molar-refractivity contribution in [3.05, 3.63) is 57.1 Å². The van der Waals surface area contributed by atoms with Gasteiger partial charge in [-0.15, -0.1) is 0 Å². The predicted molar refractivity (Wildman–Crippen MR) is 91.6 cm³/mol. The Morgan fingerprint density at radius 3 is 2.57 bits per heavy atom. The van der Waals surface area contributed by atoms with Gasteiger partial charge in [0, 0.05) is 5.75 Å². The number of benzene rings is 2. The van der Waals surface area contributed by atoms with Gasteiger partial charge in [0.15, 0.2) is 5.16 Å². The first-order valence-corrected chi connectivity index (χ1v) is 8.31. The van der Waals surface area contributed by atoms with E-state index in [0.717, 1.165) is 27.5 Å². The summed E-state index contributed by atoms with van der Waals surface area (Å²) < 4.78 is 0. The molecule has 0 bridgehead atoms. The summed E-state index contributed by atoms with van der Waals surface area (Å²) in [6.45, 7) is 4.21. The van der Waals surface area contributed by atoms with E-state index in [0.29, 0.717) is 10.0 Å². The van der Waals surface area contributed by atoms with Gasteiger partial charge < -0.3 is 4.98 Å². The highest BCUT2D eigenvalue weighted by molar-refractivity contribution is 7.98. The number of aromatic amines is 1. The first-order chi connectivity index (χ1) is 10.0. The molecule has 1 heterocycles. The van der Waals surface area contributed by atoms with Gasteiger partial charge in [0.05, 0.1) is 21.1 Å². The van der Waals surface area contributed by atoms with Gasteiger partial charge in [-0.2, -0.15) is 0 Å². The second-order valence-corrected chi connectivity index (χ2v) is 6.81. The minimum Gasteiger partial charge on any atom is -0.333 e. The number of imidazole rings is 1. The van der Waals surface area contributed by atoms with E-state index in [1.165, 1.54) is 11.1 Å². The molecule has 0 atom stereocenters. The molecule has 0 aliphatic heterocycles. The summed E-state index contributed by atoms with van der Waals surface area (Å²) in [5.74, 6) is 0.800. The second-order valence-electron chi connectivity index (χ2n) is 5.03. The third-order valence-corrected chi connectivity index (χ3v) is 5.12. The van der Waals surface area contributed by atoms with Gasteiger partial charge in [-0.1, -0.05) is 41.0 Å². The molecule has 0 spiro atoms. The normalized spacial score (nSPS) is 11.2. The SMILES string of the molecule is Cc1cc2nc(SCc3ccc(Cl)c(Cl)c3)[nH]c2cc1C. The second kappa shape index (κ2) is 5.91. The Labute approximate surface area is 137 Å². The van der Waals surface area contributed by atoms with Gasteiger partial charge in [0.25, 0.3) is 0 Å². The molecule has 1 N–H and O–H groups in total. The van der Waals surface area contributed by atoms with Crippen LogP contribution in [0.1, 0.15) is 16.7 Å². The Balaban J connectivity index is 1.80. The maximum Gasteiger partial charge on any atom is 0.166 e. The standard InChI is InChI=1S/C16H14Cl2N2S/c1-9-5-14-15(6-10(9)2)20-16(19-14)21-8-11-3-4-12(17)13(18)7-11/h3-7H,8H2,1-2H3,(H,19,20). The molecule has 0 aliphatic rings. The molecule has 5 heteroatoms. The molecule has 1 aromatic heterocycles. The lowest BCUT2D eigenvalue weighted by atomic mass is 10.1. The zero-order valence-electron chi connectivity index (χ0n) is 11.7. The first kappa shape index (κ1) is 14.8. The van der Waals surface area contributed by atoms with Crippen LogP contribution in [0.2, 0.25) is 10.0 Å². The number of nitrogens with one attached hydrogen (secondary N) is 1. The highest BCUT2D eigenvalue weighted by Crippen LogP contribution is 2.28. The molecule has 108 valence electrons. The number of nitrogens with zero attached hydrogens (tertiary/aromatic N) is 1. The van der Waals surface area contributed by atoms with E-state index in [1.807, 2.05) is 18.2 Å². The van der Waals surface area contributed by atoms with Crippen LogP contribution in [-0.2, 0) is 5.75 Å². The van der Waals surface area contributed by atoms with Gasteiger partial charge in [-0.25, -0.2) is 4.98 Å². The first-order valence-electron chi connectivity index (χ1n) is 6.56. The van der Waals surface area contributed by atoms with Crippen LogP contribution in [0.3, 0.4) is 0 Å². The highest BCUT2D eigenvalue weighted by atomic mass is 35.5. The van der Waals surface area contributed by atoms with Crippen molar-refractivity contribution in [2.75, 3.05) is 0 Å². The number of rotatable bonds is 3. The fraction of sp³-hybridized carbons (Fsp3) is 0.188. The van der Waals surface area contributed by atoms with Crippen LogP contribution < -0.4 is 0 Å². The molecule has 21 heavy (non-hydrogen) atoms. The van der Waals surface area contributed by atoms with Gasteiger partial charge in [-0.05, 0) is 54.8 Å². The van der Waals surface area contributed by atoms with E-state index in [1.54, 1.807) is 11.8 Å². The van der Waals surface area contributed by atoms with Crippen molar-refractivity contribution in [3.63, 3.8) is 0 Å². The molecule has 0 radical (unpaired) electrons. The topological polar surface area (TPSA) is 28.7 Å². The van der Waals surface area contributed by atoms with Crippen molar-refractivity contribution in [2.24, 2.45) is 0 Å². The minimum absolute atomic E-state index is 0.583. The summed E-state index contributed by atoms with van der Waals surface area (Å²) in [6, 6.07) is 9.96. The zero-order valence-corrected chi connectivity index (χ0v) is 14.0. The third kappa shape index (κ3) is 3.20. The van der Waals surface area contributed by atoms with E-state index < -0.39 is 0 Å². The number of aryl methyl sites for hydroxylation is 2. The van der Waals surface area contributed by atoms with Crippen LogP contribution in [0, 0.1) is 13.8 Å². The lowest BCUT2D eigenvalue weighted by Crippen LogP contribution is -1.82. The number of halogens is 2. The number of thioether (sulfide) groups is 1. The van der Waals surface area contributed by atoms with Gasteiger partial charge in [0.2, 0.25) is 0 Å². The number of hydrogen-bond donors (Lipinski definition) is 1. The summed E-state index contributed by atoms with van der Waals surface area (Å²) in [7, 11) is 0. The highest BCUT2D eigenvalue weighted by Gasteiger charge is 2.06. The Bertz CT molecular complexity index is 772. The third-order valence-electron chi connectivity index (χ3n) is 3.44. The maximum atomic E-state index is 6.03. The molecule has 0 aliphatic carbocycles. The molecular weight excluding hydrogens is 323 g/mol. The molecule has 0 saturated carbocycles. The van der Waals surface area contributed by atoms with Crippen LogP contribution in [0.25, 0.3) is 11.0 Å². The monoisotopic (exact) mass is 336 g/mol. The van der Waals surface area contributed by atoms with Gasteiger partial charge in [-0.3, -0.25) is 0 Å². The summed E-state index contributed by atoms with van der Waals surface area (Å²) in [5, 5.41) is 2.09. The van der Waals surface area contributed by atoms with Crippen LogP contribution in [0.4, 0.5) is 0 Å². The van der Waals surface area contributed by atoms with E-state index in [2.05, 4.69) is 35.9 Å². The zero-order chi connectivity index (χ0) is 15.0. The molecular formula is C16H14Cl2N2S. The Hall–Kier alpha value is -1.16.